The van der Waals surface area contributed by atoms with Gasteiger partial charge in [-0.2, -0.15) is 0 Å². The van der Waals surface area contributed by atoms with Crippen molar-refractivity contribution >= 4 is 23.2 Å². The maximum absolute atomic E-state index is 12.3. The minimum Gasteiger partial charge on any atom is -0.497 e. The summed E-state index contributed by atoms with van der Waals surface area (Å²) in [4.78, 5) is 29.0. The molecule has 0 saturated heterocycles. The predicted octanol–water partition coefficient (Wildman–Crippen LogP) is 3.01. The van der Waals surface area contributed by atoms with Gasteiger partial charge in [-0.3, -0.25) is 20.4 Å². The lowest BCUT2D eigenvalue weighted by Gasteiger charge is -2.11. The smallest absolute Gasteiger partial charge is 0.269 e. The number of thiazole rings is 1. The number of ether oxygens (including phenoxy) is 1. The average molecular weight is 398 g/mol. The summed E-state index contributed by atoms with van der Waals surface area (Å²) in [5.41, 5.74) is 9.16. The molecule has 0 fully saturated rings. The maximum atomic E-state index is 12.3. The number of carbonyl (C=O) groups excluding carboxylic acids is 2. The number of nitrogens with one attached hydrogen (secondary N) is 2. The molecule has 0 bridgehead atoms. The molecule has 3 rings (SSSR count). The molecule has 2 aromatic heterocycles. The number of hydrogen-bond acceptors (Lipinski definition) is 5. The van der Waals surface area contributed by atoms with Gasteiger partial charge in [-0.05, 0) is 51.1 Å². The molecule has 7 nitrogen and oxygen atoms in total. The summed E-state index contributed by atoms with van der Waals surface area (Å²) in [7, 11) is 1.56. The fourth-order valence-corrected chi connectivity index (χ4v) is 3.53. The first kappa shape index (κ1) is 19.6. The lowest BCUT2D eigenvalue weighted by molar-refractivity contribution is -0.122. The van der Waals surface area contributed by atoms with Gasteiger partial charge in [-0.25, -0.2) is 4.98 Å². The highest BCUT2D eigenvalue weighted by Crippen LogP contribution is 2.27. The molecular formula is C20H22N4O3S. The van der Waals surface area contributed by atoms with Crippen LogP contribution in [0.3, 0.4) is 0 Å². The second-order valence-corrected chi connectivity index (χ2v) is 7.42. The second kappa shape index (κ2) is 8.26. The van der Waals surface area contributed by atoms with Crippen molar-refractivity contribution in [3.05, 3.63) is 57.7 Å². The number of carbonyl (C=O) groups is 2. The van der Waals surface area contributed by atoms with Crippen LogP contribution in [0.25, 0.3) is 11.3 Å². The number of benzene rings is 1. The molecule has 146 valence electrons. The summed E-state index contributed by atoms with van der Waals surface area (Å²) in [6.45, 7) is 5.97. The molecule has 0 unspecified atom stereocenters. The van der Waals surface area contributed by atoms with Gasteiger partial charge in [-0.15, -0.1) is 11.3 Å². The minimum absolute atomic E-state index is 0.101. The van der Waals surface area contributed by atoms with Crippen LogP contribution in [0.1, 0.15) is 26.8 Å². The highest BCUT2D eigenvalue weighted by Gasteiger charge is 2.15. The van der Waals surface area contributed by atoms with E-state index in [9.17, 15) is 9.59 Å². The molecule has 28 heavy (non-hydrogen) atoms. The Morgan fingerprint density at radius 3 is 2.46 bits per heavy atom. The molecule has 2 N–H and O–H groups in total. The molecule has 0 aliphatic heterocycles. The molecule has 0 aliphatic carbocycles. The summed E-state index contributed by atoms with van der Waals surface area (Å²) in [6.07, 6.45) is 0. The number of hydrazine groups is 1. The van der Waals surface area contributed by atoms with E-state index < -0.39 is 5.91 Å². The van der Waals surface area contributed by atoms with Gasteiger partial charge < -0.3 is 9.30 Å². The second-order valence-electron chi connectivity index (χ2n) is 6.35. The van der Waals surface area contributed by atoms with E-state index in [2.05, 4.69) is 15.8 Å². The Labute approximate surface area is 167 Å². The van der Waals surface area contributed by atoms with Crippen molar-refractivity contribution in [1.82, 2.24) is 20.4 Å². The Morgan fingerprint density at radius 2 is 1.86 bits per heavy atom. The number of nitrogens with zero attached hydrogens (tertiary/aromatic N) is 2. The number of rotatable bonds is 5. The third kappa shape index (κ3) is 4.23. The molecule has 1 aromatic carbocycles. The van der Waals surface area contributed by atoms with Crippen molar-refractivity contribution in [2.24, 2.45) is 0 Å². The predicted molar refractivity (Wildman–Crippen MR) is 108 cm³/mol. The van der Waals surface area contributed by atoms with Crippen molar-refractivity contribution in [2.75, 3.05) is 7.11 Å². The number of amides is 2. The molecule has 3 aromatic rings. The summed E-state index contributed by atoms with van der Waals surface area (Å²) in [6, 6.07) is 8.65. The van der Waals surface area contributed by atoms with Gasteiger partial charge in [0.25, 0.3) is 11.8 Å². The summed E-state index contributed by atoms with van der Waals surface area (Å²) >= 11 is 1.59. The number of aromatic nitrogens is 2. The van der Waals surface area contributed by atoms with E-state index in [-0.39, 0.29) is 12.5 Å². The van der Waals surface area contributed by atoms with Crippen LogP contribution < -0.4 is 15.6 Å². The van der Waals surface area contributed by atoms with E-state index in [1.54, 1.807) is 42.7 Å². The average Bonchev–Trinajstić information content (AvgIpc) is 3.24. The van der Waals surface area contributed by atoms with Crippen molar-refractivity contribution in [3.63, 3.8) is 0 Å². The van der Waals surface area contributed by atoms with Gasteiger partial charge in [0.05, 0.1) is 17.8 Å². The highest BCUT2D eigenvalue weighted by molar-refractivity contribution is 7.09. The first-order valence-electron chi connectivity index (χ1n) is 8.71. The summed E-state index contributed by atoms with van der Waals surface area (Å²) in [5.74, 6) is -0.0504. The van der Waals surface area contributed by atoms with Crippen molar-refractivity contribution in [3.8, 4) is 17.0 Å². The first-order chi connectivity index (χ1) is 13.4. The fourth-order valence-electron chi connectivity index (χ4n) is 2.92. The standard InChI is InChI=1S/C20H22N4O3S/c1-12-9-17(18-11-28-14(3)21-18)13(2)24(12)10-19(25)22-23-20(26)15-5-7-16(27-4)8-6-15/h5-9,11H,10H2,1-4H3,(H,22,25)(H,23,26). The SMILES string of the molecule is COc1ccc(C(=O)NNC(=O)Cn2c(C)cc(-c3csc(C)n3)c2C)cc1. The normalized spacial score (nSPS) is 10.6. The van der Waals surface area contributed by atoms with E-state index in [1.807, 2.05) is 36.8 Å². The molecule has 0 spiro atoms. The van der Waals surface area contributed by atoms with E-state index in [4.69, 9.17) is 4.74 Å². The Bertz CT molecular complexity index is 1010. The van der Waals surface area contributed by atoms with Crippen LogP contribution in [-0.2, 0) is 11.3 Å². The van der Waals surface area contributed by atoms with E-state index >= 15 is 0 Å². The fraction of sp³-hybridized carbons (Fsp3) is 0.250. The lowest BCUT2D eigenvalue weighted by Crippen LogP contribution is -2.43. The van der Waals surface area contributed by atoms with Gasteiger partial charge in [0.15, 0.2) is 0 Å². The Balaban J connectivity index is 1.63. The van der Waals surface area contributed by atoms with Gasteiger partial charge in [0, 0.05) is 27.9 Å². The quantitative estimate of drug-likeness (QED) is 0.647. The van der Waals surface area contributed by atoms with Gasteiger partial charge in [0.2, 0.25) is 0 Å². The van der Waals surface area contributed by atoms with Crippen molar-refractivity contribution < 1.29 is 14.3 Å². The Hall–Kier alpha value is -3.13. The molecule has 0 saturated carbocycles. The summed E-state index contributed by atoms with van der Waals surface area (Å²) in [5, 5.41) is 3.01. The Kier molecular flexibility index (Phi) is 5.79. The molecule has 8 heteroatoms. The van der Waals surface area contributed by atoms with Crippen LogP contribution in [0, 0.1) is 20.8 Å². The maximum Gasteiger partial charge on any atom is 0.269 e. The summed E-state index contributed by atoms with van der Waals surface area (Å²) < 4.78 is 6.96. The van der Waals surface area contributed by atoms with E-state index in [1.165, 1.54) is 0 Å². The zero-order valence-electron chi connectivity index (χ0n) is 16.2. The van der Waals surface area contributed by atoms with Crippen LogP contribution in [-0.4, -0.2) is 28.5 Å². The number of hydrogen-bond donors (Lipinski definition) is 2. The zero-order chi connectivity index (χ0) is 20.3. The van der Waals surface area contributed by atoms with Gasteiger partial charge in [0.1, 0.15) is 12.3 Å². The molecule has 2 heterocycles. The lowest BCUT2D eigenvalue weighted by atomic mass is 10.2. The van der Waals surface area contributed by atoms with Crippen LogP contribution in [0.2, 0.25) is 0 Å². The molecule has 0 radical (unpaired) electrons. The third-order valence-corrected chi connectivity index (χ3v) is 5.21. The van der Waals surface area contributed by atoms with Crippen molar-refractivity contribution in [2.45, 2.75) is 27.3 Å². The monoisotopic (exact) mass is 398 g/mol. The Morgan fingerprint density at radius 1 is 1.14 bits per heavy atom. The van der Waals surface area contributed by atoms with Gasteiger partial charge >= 0.3 is 0 Å². The zero-order valence-corrected chi connectivity index (χ0v) is 17.0. The minimum atomic E-state index is -0.393. The topological polar surface area (TPSA) is 85.3 Å². The molecule has 0 aliphatic rings. The van der Waals surface area contributed by atoms with Crippen molar-refractivity contribution in [1.29, 1.82) is 0 Å². The number of aryl methyl sites for hydroxylation is 2. The van der Waals surface area contributed by atoms with Gasteiger partial charge in [-0.1, -0.05) is 0 Å². The van der Waals surface area contributed by atoms with E-state index in [0.29, 0.717) is 11.3 Å². The highest BCUT2D eigenvalue weighted by atomic mass is 32.1. The number of methoxy groups -OCH3 is 1. The first-order valence-corrected chi connectivity index (χ1v) is 9.59. The van der Waals surface area contributed by atoms with Crippen LogP contribution >= 0.6 is 11.3 Å². The molecule has 0 atom stereocenters. The third-order valence-electron chi connectivity index (χ3n) is 4.44. The van der Waals surface area contributed by atoms with Crippen LogP contribution in [0.5, 0.6) is 5.75 Å². The van der Waals surface area contributed by atoms with Crippen LogP contribution in [0.15, 0.2) is 35.7 Å². The molecular weight excluding hydrogens is 376 g/mol. The molecule has 2 amide bonds. The van der Waals surface area contributed by atoms with Crippen LogP contribution in [0.4, 0.5) is 0 Å². The van der Waals surface area contributed by atoms with E-state index in [0.717, 1.165) is 27.7 Å². The largest absolute Gasteiger partial charge is 0.497 e.